The number of carbonyl (C=O) groups excluding carboxylic acids is 2. The van der Waals surface area contributed by atoms with Gasteiger partial charge in [-0.1, -0.05) is 26.0 Å². The molecule has 1 N–H and O–H groups in total. The fourth-order valence-electron chi connectivity index (χ4n) is 3.72. The molecule has 1 aromatic heterocycles. The monoisotopic (exact) mass is 464 g/mol. The van der Waals surface area contributed by atoms with Gasteiger partial charge in [0.2, 0.25) is 0 Å². The molecular weight excluding hydrogens is 436 g/mol. The average molecular weight is 465 g/mol. The highest BCUT2D eigenvalue weighted by molar-refractivity contribution is 7.91. The normalized spacial score (nSPS) is 14.2. The largest absolute Gasteiger partial charge is 0.462 e. The highest BCUT2D eigenvalue weighted by atomic mass is 32.2. The molecule has 0 atom stereocenters. The van der Waals surface area contributed by atoms with Crippen LogP contribution >= 0.6 is 11.3 Å². The topological polar surface area (TPSA) is 92.8 Å². The van der Waals surface area contributed by atoms with Crippen LogP contribution in [0.3, 0.4) is 0 Å². The standard InChI is InChI=1S/C22H28N2O5S2/c1-4-12-24-13-11-15-17(14-24)30-21(19(15)22(26)29-5-2)23-20(25)16-9-7-8-10-18(16)31(27,28)6-3/h7-10H,4-6,11-14H2,1-3H3,(H,23,25). The number of hydrogen-bond acceptors (Lipinski definition) is 7. The van der Waals surface area contributed by atoms with Crippen LogP contribution in [0.5, 0.6) is 0 Å². The summed E-state index contributed by atoms with van der Waals surface area (Å²) in [5.41, 5.74) is 1.38. The zero-order valence-electron chi connectivity index (χ0n) is 18.1. The Bertz CT molecular complexity index is 1080. The van der Waals surface area contributed by atoms with Gasteiger partial charge in [-0.3, -0.25) is 9.69 Å². The number of rotatable bonds is 8. The van der Waals surface area contributed by atoms with E-state index >= 15 is 0 Å². The van der Waals surface area contributed by atoms with Gasteiger partial charge in [0.25, 0.3) is 5.91 Å². The van der Waals surface area contributed by atoms with Crippen LogP contribution in [0.15, 0.2) is 29.2 Å². The van der Waals surface area contributed by atoms with E-state index in [4.69, 9.17) is 4.74 Å². The lowest BCUT2D eigenvalue weighted by Crippen LogP contribution is -2.30. The van der Waals surface area contributed by atoms with Crippen LogP contribution in [0, 0.1) is 0 Å². The van der Waals surface area contributed by atoms with E-state index in [0.29, 0.717) is 17.0 Å². The van der Waals surface area contributed by atoms with E-state index in [1.54, 1.807) is 19.1 Å². The lowest BCUT2D eigenvalue weighted by Gasteiger charge is -2.26. The minimum absolute atomic E-state index is 0.0110. The molecule has 1 aliphatic rings. The summed E-state index contributed by atoms with van der Waals surface area (Å²) in [5.74, 6) is -1.12. The first-order chi connectivity index (χ1) is 14.8. The predicted molar refractivity (Wildman–Crippen MR) is 122 cm³/mol. The number of nitrogens with one attached hydrogen (secondary N) is 1. The van der Waals surface area contributed by atoms with Crippen molar-refractivity contribution in [2.24, 2.45) is 0 Å². The number of sulfone groups is 1. The first kappa shape index (κ1) is 23.4. The molecule has 31 heavy (non-hydrogen) atoms. The van der Waals surface area contributed by atoms with Gasteiger partial charge in [-0.05, 0) is 44.0 Å². The van der Waals surface area contributed by atoms with Crippen LogP contribution in [0.2, 0.25) is 0 Å². The van der Waals surface area contributed by atoms with Gasteiger partial charge in [0.1, 0.15) is 5.00 Å². The smallest absolute Gasteiger partial charge is 0.341 e. The average Bonchev–Trinajstić information content (AvgIpc) is 3.11. The Labute approximate surface area is 187 Å². The Hall–Kier alpha value is -2.23. The molecule has 0 spiro atoms. The maximum absolute atomic E-state index is 13.1. The van der Waals surface area contributed by atoms with Crippen molar-refractivity contribution < 1.29 is 22.7 Å². The Morgan fingerprint density at radius 3 is 2.61 bits per heavy atom. The Kier molecular flexibility index (Phi) is 7.51. The molecule has 0 aliphatic carbocycles. The molecular formula is C22H28N2O5S2. The molecule has 0 fully saturated rings. The summed E-state index contributed by atoms with van der Waals surface area (Å²) in [5, 5.41) is 3.22. The van der Waals surface area contributed by atoms with E-state index in [9.17, 15) is 18.0 Å². The van der Waals surface area contributed by atoms with Crippen LogP contribution in [0.4, 0.5) is 5.00 Å². The zero-order chi connectivity index (χ0) is 22.6. The van der Waals surface area contributed by atoms with Gasteiger partial charge in [0, 0.05) is 18.0 Å². The Balaban J connectivity index is 1.99. The second-order valence-corrected chi connectivity index (χ2v) is 10.7. The molecule has 0 radical (unpaired) electrons. The van der Waals surface area contributed by atoms with Crippen LogP contribution in [0.1, 0.15) is 58.3 Å². The molecule has 3 rings (SSSR count). The number of hydrogen-bond donors (Lipinski definition) is 1. The molecule has 7 nitrogen and oxygen atoms in total. The van der Waals surface area contributed by atoms with E-state index in [1.807, 2.05) is 0 Å². The summed E-state index contributed by atoms with van der Waals surface area (Å²) in [6.07, 6.45) is 1.74. The number of benzene rings is 1. The van der Waals surface area contributed by atoms with Gasteiger partial charge >= 0.3 is 5.97 Å². The van der Waals surface area contributed by atoms with E-state index in [1.165, 1.54) is 30.4 Å². The second-order valence-electron chi connectivity index (χ2n) is 7.31. The summed E-state index contributed by atoms with van der Waals surface area (Å²) in [6, 6.07) is 6.13. The molecule has 168 valence electrons. The van der Waals surface area contributed by atoms with Crippen molar-refractivity contribution in [3.05, 3.63) is 45.8 Å². The first-order valence-corrected chi connectivity index (χ1v) is 13.0. The molecule has 0 saturated carbocycles. The molecule has 9 heteroatoms. The second kappa shape index (κ2) is 9.93. The summed E-state index contributed by atoms with van der Waals surface area (Å²) in [4.78, 5) is 29.1. The summed E-state index contributed by atoms with van der Waals surface area (Å²) in [7, 11) is -3.57. The quantitative estimate of drug-likeness (QED) is 0.599. The van der Waals surface area contributed by atoms with Gasteiger partial charge in [0.15, 0.2) is 9.84 Å². The van der Waals surface area contributed by atoms with Crippen molar-refractivity contribution in [3.8, 4) is 0 Å². The van der Waals surface area contributed by atoms with Gasteiger partial charge in [-0.2, -0.15) is 0 Å². The van der Waals surface area contributed by atoms with Crippen molar-refractivity contribution in [3.63, 3.8) is 0 Å². The van der Waals surface area contributed by atoms with Gasteiger partial charge in [-0.15, -0.1) is 11.3 Å². The minimum Gasteiger partial charge on any atom is -0.462 e. The fraction of sp³-hybridized carbons (Fsp3) is 0.455. The molecule has 1 aliphatic heterocycles. The minimum atomic E-state index is -3.57. The highest BCUT2D eigenvalue weighted by Gasteiger charge is 2.30. The molecule has 0 bridgehead atoms. The summed E-state index contributed by atoms with van der Waals surface area (Å²) >= 11 is 1.36. The predicted octanol–water partition coefficient (Wildman–Crippen LogP) is 3.74. The number of nitrogens with zero attached hydrogens (tertiary/aromatic N) is 1. The van der Waals surface area contributed by atoms with E-state index < -0.39 is 21.7 Å². The van der Waals surface area contributed by atoms with Crippen LogP contribution in [0.25, 0.3) is 0 Å². The molecule has 1 amide bonds. The van der Waals surface area contributed by atoms with Crippen LogP contribution in [-0.4, -0.2) is 50.6 Å². The Morgan fingerprint density at radius 2 is 1.94 bits per heavy atom. The van der Waals surface area contributed by atoms with E-state index in [2.05, 4.69) is 17.1 Å². The third-order valence-corrected chi connectivity index (χ3v) is 8.15. The Morgan fingerprint density at radius 1 is 1.19 bits per heavy atom. The number of carbonyl (C=O) groups is 2. The molecule has 2 heterocycles. The zero-order valence-corrected chi connectivity index (χ0v) is 19.7. The highest BCUT2D eigenvalue weighted by Crippen LogP contribution is 2.38. The van der Waals surface area contributed by atoms with Crippen LogP contribution in [-0.2, 0) is 27.5 Å². The van der Waals surface area contributed by atoms with Crippen molar-refractivity contribution >= 4 is 38.1 Å². The molecule has 0 unspecified atom stereocenters. The third kappa shape index (κ3) is 4.99. The molecule has 0 saturated heterocycles. The van der Waals surface area contributed by atoms with Crippen molar-refractivity contribution in [2.75, 3.05) is 30.8 Å². The molecule has 2 aromatic rings. The van der Waals surface area contributed by atoms with Gasteiger partial charge in [-0.25, -0.2) is 13.2 Å². The molecule has 1 aromatic carbocycles. The number of ether oxygens (including phenoxy) is 1. The van der Waals surface area contributed by atoms with Gasteiger partial charge in [0.05, 0.1) is 28.4 Å². The SMILES string of the molecule is CCCN1CCc2c(sc(NC(=O)c3ccccc3S(=O)(=O)CC)c2C(=O)OCC)C1. The number of fused-ring (bicyclic) bond motifs is 1. The van der Waals surface area contributed by atoms with Gasteiger partial charge < -0.3 is 10.1 Å². The summed E-state index contributed by atoms with van der Waals surface area (Å²) in [6.45, 7) is 8.17. The van der Waals surface area contributed by atoms with Crippen molar-refractivity contribution in [2.45, 2.75) is 45.1 Å². The van der Waals surface area contributed by atoms with Crippen molar-refractivity contribution in [1.29, 1.82) is 0 Å². The lowest BCUT2D eigenvalue weighted by atomic mass is 10.0. The number of anilines is 1. The maximum atomic E-state index is 13.1. The number of esters is 1. The van der Waals surface area contributed by atoms with Crippen LogP contribution < -0.4 is 5.32 Å². The van der Waals surface area contributed by atoms with Crippen molar-refractivity contribution in [1.82, 2.24) is 4.90 Å². The summed E-state index contributed by atoms with van der Waals surface area (Å²) < 4.78 is 30.1. The van der Waals surface area contributed by atoms with E-state index in [0.717, 1.165) is 36.5 Å². The number of amides is 1. The lowest BCUT2D eigenvalue weighted by molar-refractivity contribution is 0.0526. The number of thiophene rings is 1. The fourth-order valence-corrected chi connectivity index (χ4v) is 6.09. The third-order valence-electron chi connectivity index (χ3n) is 5.23. The first-order valence-electron chi connectivity index (χ1n) is 10.5. The van der Waals surface area contributed by atoms with E-state index in [-0.39, 0.29) is 22.8 Å². The maximum Gasteiger partial charge on any atom is 0.341 e.